The number of nitrogens with two attached hydrogens (primary N) is 1. The fourth-order valence-corrected chi connectivity index (χ4v) is 1.92. The maximum Gasteiger partial charge on any atom is 0.0991 e. The van der Waals surface area contributed by atoms with Gasteiger partial charge in [-0.25, -0.2) is 0 Å². The number of halogens is 1. The van der Waals surface area contributed by atoms with Crippen LogP contribution in [0.2, 0.25) is 0 Å². The Labute approximate surface area is 90.1 Å². The standard InChI is InChI=1S/C11H12N2.ClH/c12-7-8-4-5-10-9(6-8)2-1-3-11(10)13;/h4-6,11H,1-3,13H2;1H/t11-;/m1./s1. The van der Waals surface area contributed by atoms with Crippen LogP contribution in [0.25, 0.3) is 0 Å². The van der Waals surface area contributed by atoms with E-state index in [9.17, 15) is 0 Å². The third kappa shape index (κ3) is 1.89. The van der Waals surface area contributed by atoms with E-state index in [-0.39, 0.29) is 18.4 Å². The van der Waals surface area contributed by atoms with E-state index in [2.05, 4.69) is 6.07 Å². The monoisotopic (exact) mass is 208 g/mol. The average Bonchev–Trinajstić information content (AvgIpc) is 2.18. The Morgan fingerprint density at radius 1 is 1.43 bits per heavy atom. The number of fused-ring (bicyclic) bond motifs is 1. The van der Waals surface area contributed by atoms with Crippen molar-refractivity contribution in [3.05, 3.63) is 34.9 Å². The molecule has 0 saturated heterocycles. The molecule has 1 aromatic rings. The summed E-state index contributed by atoms with van der Waals surface area (Å²) in [6.07, 6.45) is 3.28. The largest absolute Gasteiger partial charge is 0.324 e. The minimum absolute atomic E-state index is 0. The molecule has 0 spiro atoms. The first-order valence-electron chi connectivity index (χ1n) is 4.60. The first-order valence-corrected chi connectivity index (χ1v) is 4.60. The third-order valence-corrected chi connectivity index (χ3v) is 2.63. The molecule has 0 radical (unpaired) electrons. The molecule has 74 valence electrons. The van der Waals surface area contributed by atoms with Gasteiger partial charge < -0.3 is 5.73 Å². The van der Waals surface area contributed by atoms with Gasteiger partial charge in [0.1, 0.15) is 0 Å². The molecular formula is C11H13ClN2. The van der Waals surface area contributed by atoms with Gasteiger partial charge in [0.2, 0.25) is 0 Å². The molecule has 2 nitrogen and oxygen atoms in total. The molecule has 0 heterocycles. The zero-order valence-electron chi connectivity index (χ0n) is 7.86. The summed E-state index contributed by atoms with van der Waals surface area (Å²) in [6, 6.07) is 8.14. The van der Waals surface area contributed by atoms with Gasteiger partial charge in [0.25, 0.3) is 0 Å². The molecule has 14 heavy (non-hydrogen) atoms. The minimum atomic E-state index is 0. The summed E-state index contributed by atoms with van der Waals surface area (Å²) in [6.45, 7) is 0. The Kier molecular flexibility index (Phi) is 3.51. The van der Waals surface area contributed by atoms with Crippen LogP contribution in [0, 0.1) is 11.3 Å². The van der Waals surface area contributed by atoms with Crippen LogP contribution in [-0.2, 0) is 6.42 Å². The van der Waals surface area contributed by atoms with Crippen LogP contribution in [-0.4, -0.2) is 0 Å². The van der Waals surface area contributed by atoms with Crippen molar-refractivity contribution in [2.75, 3.05) is 0 Å². The molecule has 2 rings (SSSR count). The van der Waals surface area contributed by atoms with Gasteiger partial charge in [-0.15, -0.1) is 12.4 Å². The van der Waals surface area contributed by atoms with Gasteiger partial charge in [-0.1, -0.05) is 6.07 Å². The molecule has 0 aliphatic heterocycles. The van der Waals surface area contributed by atoms with Crippen LogP contribution in [0.5, 0.6) is 0 Å². The van der Waals surface area contributed by atoms with Crippen molar-refractivity contribution in [2.45, 2.75) is 25.3 Å². The summed E-state index contributed by atoms with van der Waals surface area (Å²) in [7, 11) is 0. The predicted molar refractivity (Wildman–Crippen MR) is 58.3 cm³/mol. The molecule has 0 unspecified atom stereocenters. The predicted octanol–water partition coefficient (Wildman–Crippen LogP) is 2.32. The fraction of sp³-hybridized carbons (Fsp3) is 0.364. The number of hydrogen-bond acceptors (Lipinski definition) is 2. The molecule has 2 N–H and O–H groups in total. The highest BCUT2D eigenvalue weighted by Crippen LogP contribution is 2.28. The van der Waals surface area contributed by atoms with Crippen LogP contribution in [0.15, 0.2) is 18.2 Å². The highest BCUT2D eigenvalue weighted by atomic mass is 35.5. The van der Waals surface area contributed by atoms with Crippen LogP contribution in [0.3, 0.4) is 0 Å². The molecule has 1 aliphatic rings. The molecule has 1 aliphatic carbocycles. The Bertz CT molecular complexity index is 368. The van der Waals surface area contributed by atoms with Gasteiger partial charge in [0.15, 0.2) is 0 Å². The van der Waals surface area contributed by atoms with Crippen molar-refractivity contribution in [1.29, 1.82) is 5.26 Å². The number of rotatable bonds is 0. The van der Waals surface area contributed by atoms with Gasteiger partial charge in [0.05, 0.1) is 11.6 Å². The molecule has 3 heteroatoms. The van der Waals surface area contributed by atoms with Crippen molar-refractivity contribution in [3.63, 3.8) is 0 Å². The zero-order valence-corrected chi connectivity index (χ0v) is 8.68. The second-order valence-corrected chi connectivity index (χ2v) is 3.52. The van der Waals surface area contributed by atoms with E-state index in [0.29, 0.717) is 0 Å². The molecule has 1 aromatic carbocycles. The molecule has 0 aromatic heterocycles. The van der Waals surface area contributed by atoms with E-state index in [1.54, 1.807) is 0 Å². The first-order chi connectivity index (χ1) is 6.31. The van der Waals surface area contributed by atoms with Crippen LogP contribution >= 0.6 is 12.4 Å². The van der Waals surface area contributed by atoms with E-state index >= 15 is 0 Å². The second kappa shape index (κ2) is 4.45. The van der Waals surface area contributed by atoms with Gasteiger partial charge in [0, 0.05) is 6.04 Å². The lowest BCUT2D eigenvalue weighted by atomic mass is 9.87. The van der Waals surface area contributed by atoms with Crippen molar-refractivity contribution in [2.24, 2.45) is 5.73 Å². The Hall–Kier alpha value is -1.04. The summed E-state index contributed by atoms with van der Waals surface area (Å²) in [5.41, 5.74) is 9.19. The van der Waals surface area contributed by atoms with E-state index in [1.807, 2.05) is 18.2 Å². The lowest BCUT2D eigenvalue weighted by molar-refractivity contribution is 0.570. The summed E-state index contributed by atoms with van der Waals surface area (Å²) in [5, 5.41) is 8.72. The Balaban J connectivity index is 0.000000980. The fourth-order valence-electron chi connectivity index (χ4n) is 1.92. The maximum absolute atomic E-state index is 8.72. The normalized spacial score (nSPS) is 19.0. The topological polar surface area (TPSA) is 49.8 Å². The molecule has 0 saturated carbocycles. The van der Waals surface area contributed by atoms with Crippen LogP contribution in [0.4, 0.5) is 0 Å². The molecular weight excluding hydrogens is 196 g/mol. The smallest absolute Gasteiger partial charge is 0.0991 e. The van der Waals surface area contributed by atoms with E-state index in [4.69, 9.17) is 11.0 Å². The van der Waals surface area contributed by atoms with Crippen LogP contribution < -0.4 is 5.73 Å². The number of aryl methyl sites for hydroxylation is 1. The first kappa shape index (κ1) is 11.0. The van der Waals surface area contributed by atoms with E-state index in [1.165, 1.54) is 11.1 Å². The van der Waals surface area contributed by atoms with Crippen molar-refractivity contribution in [3.8, 4) is 6.07 Å². The third-order valence-electron chi connectivity index (χ3n) is 2.63. The molecule has 0 bridgehead atoms. The highest BCUT2D eigenvalue weighted by molar-refractivity contribution is 5.85. The van der Waals surface area contributed by atoms with Crippen LogP contribution in [0.1, 0.15) is 35.6 Å². The van der Waals surface area contributed by atoms with Crippen molar-refractivity contribution >= 4 is 12.4 Å². The molecule has 1 atom stereocenters. The molecule has 0 fully saturated rings. The summed E-state index contributed by atoms with van der Waals surface area (Å²) >= 11 is 0. The molecule has 0 amide bonds. The highest BCUT2D eigenvalue weighted by Gasteiger charge is 2.16. The summed E-state index contributed by atoms with van der Waals surface area (Å²) in [4.78, 5) is 0. The number of nitriles is 1. The summed E-state index contributed by atoms with van der Waals surface area (Å²) in [5.74, 6) is 0. The minimum Gasteiger partial charge on any atom is -0.324 e. The SMILES string of the molecule is Cl.N#Cc1ccc2c(c1)CCC[C@H]2N. The number of nitrogens with zero attached hydrogens (tertiary/aromatic N) is 1. The number of benzene rings is 1. The van der Waals surface area contributed by atoms with Crippen molar-refractivity contribution < 1.29 is 0 Å². The lowest BCUT2D eigenvalue weighted by Crippen LogP contribution is -2.17. The lowest BCUT2D eigenvalue weighted by Gasteiger charge is -2.21. The van der Waals surface area contributed by atoms with Gasteiger partial charge >= 0.3 is 0 Å². The second-order valence-electron chi connectivity index (χ2n) is 3.52. The Morgan fingerprint density at radius 3 is 2.93 bits per heavy atom. The van der Waals surface area contributed by atoms with Gasteiger partial charge in [-0.05, 0) is 42.5 Å². The Morgan fingerprint density at radius 2 is 2.21 bits per heavy atom. The van der Waals surface area contributed by atoms with Gasteiger partial charge in [-0.2, -0.15) is 5.26 Å². The van der Waals surface area contributed by atoms with Crippen molar-refractivity contribution in [1.82, 2.24) is 0 Å². The van der Waals surface area contributed by atoms with E-state index in [0.717, 1.165) is 24.8 Å². The number of hydrogen-bond donors (Lipinski definition) is 1. The zero-order chi connectivity index (χ0) is 9.26. The quantitative estimate of drug-likeness (QED) is 0.712. The van der Waals surface area contributed by atoms with E-state index < -0.39 is 0 Å². The van der Waals surface area contributed by atoms with Gasteiger partial charge in [-0.3, -0.25) is 0 Å². The summed E-state index contributed by atoms with van der Waals surface area (Å²) < 4.78 is 0. The average molecular weight is 209 g/mol. The maximum atomic E-state index is 8.72.